The van der Waals surface area contributed by atoms with Gasteiger partial charge in [-0.3, -0.25) is 0 Å². The molecule has 2 aromatic rings. The number of alkyl halides is 6. The van der Waals surface area contributed by atoms with Crippen LogP contribution in [-0.2, 0) is 25.4 Å². The zero-order chi connectivity index (χ0) is 19.4. The van der Waals surface area contributed by atoms with Gasteiger partial charge in [0.2, 0.25) is 0 Å². The lowest BCUT2D eigenvalue weighted by atomic mass is 10.1. The summed E-state index contributed by atoms with van der Waals surface area (Å²) in [6.07, 6.45) is -9.00. The maximum Gasteiger partial charge on any atom is 0.416 e. The molecule has 0 aromatic heterocycles. The minimum atomic E-state index is -4.50. The minimum Gasteiger partial charge on any atom is -0.359 e. The summed E-state index contributed by atoms with van der Waals surface area (Å²) in [4.78, 5) is 0. The van der Waals surface area contributed by atoms with Crippen LogP contribution >= 0.6 is 12.2 Å². The van der Waals surface area contributed by atoms with E-state index in [1.54, 1.807) is 0 Å². The summed E-state index contributed by atoms with van der Waals surface area (Å²) in [6.45, 7) is -0.412. The largest absolute Gasteiger partial charge is 0.416 e. The molecule has 0 amide bonds. The Hall–Kier alpha value is -2.29. The molecule has 2 nitrogen and oxygen atoms in total. The Morgan fingerprint density at radius 3 is 1.38 bits per heavy atom. The molecule has 0 bridgehead atoms. The number of halogens is 6. The monoisotopic (exact) mass is 392 g/mol. The second kappa shape index (κ2) is 7.94. The molecule has 26 heavy (non-hydrogen) atoms. The Balaban J connectivity index is 1.98. The van der Waals surface area contributed by atoms with Crippen LogP contribution in [0.3, 0.4) is 0 Å². The van der Waals surface area contributed by atoms with Crippen molar-refractivity contribution in [3.63, 3.8) is 0 Å². The molecular weight excluding hydrogens is 378 g/mol. The molecule has 2 N–H and O–H groups in total. The van der Waals surface area contributed by atoms with Crippen molar-refractivity contribution < 1.29 is 26.3 Å². The Kier molecular flexibility index (Phi) is 6.12. The second-order valence-corrected chi connectivity index (χ2v) is 5.75. The van der Waals surface area contributed by atoms with Crippen molar-refractivity contribution in [2.45, 2.75) is 25.4 Å². The van der Waals surface area contributed by atoms with Crippen molar-refractivity contribution >= 4 is 17.3 Å². The van der Waals surface area contributed by atoms with Gasteiger partial charge in [0, 0.05) is 13.1 Å². The van der Waals surface area contributed by atoms with E-state index in [-0.39, 0.29) is 29.3 Å². The standard InChI is InChI=1S/C17H14F6N2S/c18-16(19,20)13-7-3-1-5-11(13)9-24-15(26)25-10-12-6-2-4-8-14(12)17(21,22)23/h1-8H,9-10H2,(H2,24,25,26). The van der Waals surface area contributed by atoms with E-state index in [0.29, 0.717) is 0 Å². The molecule has 0 heterocycles. The van der Waals surface area contributed by atoms with Gasteiger partial charge < -0.3 is 10.6 Å². The highest BCUT2D eigenvalue weighted by Crippen LogP contribution is 2.32. The van der Waals surface area contributed by atoms with Gasteiger partial charge in [-0.25, -0.2) is 0 Å². The highest BCUT2D eigenvalue weighted by Gasteiger charge is 2.33. The Labute approximate surface area is 151 Å². The van der Waals surface area contributed by atoms with Crippen LogP contribution in [0.1, 0.15) is 22.3 Å². The van der Waals surface area contributed by atoms with E-state index in [0.717, 1.165) is 12.1 Å². The van der Waals surface area contributed by atoms with Gasteiger partial charge in [0.1, 0.15) is 0 Å². The van der Waals surface area contributed by atoms with Gasteiger partial charge in [0.25, 0.3) is 0 Å². The Morgan fingerprint density at radius 1 is 0.692 bits per heavy atom. The first-order valence-corrected chi connectivity index (χ1v) is 7.82. The first-order valence-electron chi connectivity index (χ1n) is 7.41. The van der Waals surface area contributed by atoms with E-state index in [4.69, 9.17) is 12.2 Å². The average molecular weight is 392 g/mol. The fourth-order valence-electron chi connectivity index (χ4n) is 2.32. The lowest BCUT2D eigenvalue weighted by molar-refractivity contribution is -0.139. The summed E-state index contributed by atoms with van der Waals surface area (Å²) in [5, 5.41) is 5.12. The van der Waals surface area contributed by atoms with E-state index in [1.165, 1.54) is 36.4 Å². The summed E-state index contributed by atoms with van der Waals surface area (Å²) in [7, 11) is 0. The Morgan fingerprint density at radius 2 is 1.04 bits per heavy atom. The van der Waals surface area contributed by atoms with Crippen LogP contribution in [0.2, 0.25) is 0 Å². The van der Waals surface area contributed by atoms with Crippen LogP contribution in [0.25, 0.3) is 0 Å². The summed E-state index contributed by atoms with van der Waals surface area (Å²) in [6, 6.07) is 9.98. The van der Waals surface area contributed by atoms with E-state index in [2.05, 4.69) is 10.6 Å². The molecule has 0 saturated heterocycles. The number of hydrogen-bond acceptors (Lipinski definition) is 1. The molecule has 0 aliphatic carbocycles. The maximum atomic E-state index is 12.9. The summed E-state index contributed by atoms with van der Waals surface area (Å²) >= 11 is 4.94. The smallest absolute Gasteiger partial charge is 0.359 e. The van der Waals surface area contributed by atoms with Crippen LogP contribution in [-0.4, -0.2) is 5.11 Å². The molecule has 9 heteroatoms. The van der Waals surface area contributed by atoms with E-state index >= 15 is 0 Å². The number of thiocarbonyl (C=S) groups is 1. The first kappa shape index (κ1) is 20.0. The lowest BCUT2D eigenvalue weighted by Crippen LogP contribution is -2.35. The molecule has 0 saturated carbocycles. The lowest BCUT2D eigenvalue weighted by Gasteiger charge is -2.16. The molecule has 140 valence electrons. The van der Waals surface area contributed by atoms with Crippen LogP contribution in [0.5, 0.6) is 0 Å². The third kappa shape index (κ3) is 5.35. The zero-order valence-electron chi connectivity index (χ0n) is 13.2. The van der Waals surface area contributed by atoms with E-state index < -0.39 is 23.5 Å². The predicted octanol–water partition coefficient (Wildman–Crippen LogP) is 4.89. The summed E-state index contributed by atoms with van der Waals surface area (Å²) < 4.78 is 77.5. The summed E-state index contributed by atoms with van der Waals surface area (Å²) in [5.41, 5.74) is -1.62. The molecule has 0 unspecified atom stereocenters. The second-order valence-electron chi connectivity index (χ2n) is 5.35. The fraction of sp³-hybridized carbons (Fsp3) is 0.235. The minimum absolute atomic E-state index is 0.0140. The van der Waals surface area contributed by atoms with Crippen LogP contribution < -0.4 is 10.6 Å². The molecule has 0 spiro atoms. The van der Waals surface area contributed by atoms with Gasteiger partial charge >= 0.3 is 12.4 Å². The van der Waals surface area contributed by atoms with E-state index in [1.807, 2.05) is 0 Å². The summed E-state index contributed by atoms with van der Waals surface area (Å²) in [5.74, 6) is 0. The third-order valence-corrected chi connectivity index (χ3v) is 3.81. The Bertz CT molecular complexity index is 707. The van der Waals surface area contributed by atoms with Gasteiger partial charge in [-0.1, -0.05) is 36.4 Å². The van der Waals surface area contributed by atoms with Crippen molar-refractivity contribution in [2.75, 3.05) is 0 Å². The molecule has 2 rings (SSSR count). The molecular formula is C17H14F6N2S. The SMILES string of the molecule is FC(F)(F)c1ccccc1CNC(=S)NCc1ccccc1C(F)(F)F. The highest BCUT2D eigenvalue weighted by atomic mass is 32.1. The van der Waals surface area contributed by atoms with Crippen molar-refractivity contribution in [3.8, 4) is 0 Å². The molecule has 0 atom stereocenters. The van der Waals surface area contributed by atoms with Crippen molar-refractivity contribution in [3.05, 3.63) is 70.8 Å². The quantitative estimate of drug-likeness (QED) is 0.572. The number of nitrogens with one attached hydrogen (secondary N) is 2. The normalized spacial score (nSPS) is 11.9. The van der Waals surface area contributed by atoms with Gasteiger partial charge in [0.15, 0.2) is 5.11 Å². The van der Waals surface area contributed by atoms with Gasteiger partial charge in [-0.05, 0) is 35.5 Å². The molecule has 0 aliphatic heterocycles. The van der Waals surface area contributed by atoms with Gasteiger partial charge in [-0.2, -0.15) is 26.3 Å². The molecule has 0 fully saturated rings. The van der Waals surface area contributed by atoms with Crippen LogP contribution in [0.4, 0.5) is 26.3 Å². The maximum absolute atomic E-state index is 12.9. The van der Waals surface area contributed by atoms with Gasteiger partial charge in [0.05, 0.1) is 11.1 Å². The van der Waals surface area contributed by atoms with Crippen LogP contribution in [0, 0.1) is 0 Å². The van der Waals surface area contributed by atoms with Crippen molar-refractivity contribution in [2.24, 2.45) is 0 Å². The van der Waals surface area contributed by atoms with Crippen LogP contribution in [0.15, 0.2) is 48.5 Å². The molecule has 0 radical (unpaired) electrons. The molecule has 2 aromatic carbocycles. The third-order valence-electron chi connectivity index (χ3n) is 3.52. The van der Waals surface area contributed by atoms with E-state index in [9.17, 15) is 26.3 Å². The highest BCUT2D eigenvalue weighted by molar-refractivity contribution is 7.80. The number of hydrogen-bond donors (Lipinski definition) is 2. The van der Waals surface area contributed by atoms with Crippen molar-refractivity contribution in [1.82, 2.24) is 10.6 Å². The zero-order valence-corrected chi connectivity index (χ0v) is 14.0. The number of benzene rings is 2. The van der Waals surface area contributed by atoms with Crippen molar-refractivity contribution in [1.29, 1.82) is 0 Å². The molecule has 0 aliphatic rings. The van der Waals surface area contributed by atoms with Gasteiger partial charge in [-0.15, -0.1) is 0 Å². The fourth-order valence-corrected chi connectivity index (χ4v) is 2.46. The average Bonchev–Trinajstić information content (AvgIpc) is 2.57. The number of rotatable bonds is 4. The topological polar surface area (TPSA) is 24.1 Å². The first-order chi connectivity index (χ1) is 12.1. The predicted molar refractivity (Wildman–Crippen MR) is 89.2 cm³/mol.